The molecule has 0 saturated heterocycles. The molecule has 0 aliphatic rings. The Hall–Kier alpha value is -2.16. The van der Waals surface area contributed by atoms with E-state index in [2.05, 4.69) is 15.3 Å². The van der Waals surface area contributed by atoms with Crippen molar-refractivity contribution in [2.45, 2.75) is 6.18 Å². The molecule has 0 fully saturated rings. The maximum Gasteiger partial charge on any atom is 0.453 e. The van der Waals surface area contributed by atoms with Crippen LogP contribution in [0.4, 0.5) is 18.9 Å². The van der Waals surface area contributed by atoms with E-state index in [0.29, 0.717) is 10.2 Å². The van der Waals surface area contributed by atoms with Crippen LogP contribution in [0, 0.1) is 4.77 Å². The van der Waals surface area contributed by atoms with Gasteiger partial charge in [-0.1, -0.05) is 12.1 Å². The molecule has 0 saturated carbocycles. The summed E-state index contributed by atoms with van der Waals surface area (Å²) in [5.74, 6) is -1.19. The van der Waals surface area contributed by atoms with Crippen molar-refractivity contribution in [3.63, 3.8) is 0 Å². The number of nitrogens with zero attached hydrogens (tertiary/aromatic N) is 4. The summed E-state index contributed by atoms with van der Waals surface area (Å²) in [6, 6.07) is 7.16. The summed E-state index contributed by atoms with van der Waals surface area (Å²) in [5, 5.41) is 8.95. The summed E-state index contributed by atoms with van der Waals surface area (Å²) in [4.78, 5) is 1.91. The number of aromatic amines is 1. The number of H-pyrrole nitrogens is 1. The van der Waals surface area contributed by atoms with Crippen LogP contribution in [-0.4, -0.2) is 35.2 Å². The molecular formula is C12H12F3N5S. The van der Waals surface area contributed by atoms with Gasteiger partial charge in [0.1, 0.15) is 0 Å². The van der Waals surface area contributed by atoms with Gasteiger partial charge in [-0.2, -0.15) is 22.9 Å². The summed E-state index contributed by atoms with van der Waals surface area (Å²) in [6.45, 7) is 0. The fourth-order valence-corrected chi connectivity index (χ4v) is 1.74. The maximum absolute atomic E-state index is 12.7. The SMILES string of the molecule is CN(C)c1ccc(C=Nn2c(C(F)(F)F)n[nH]c2=S)cc1. The van der Waals surface area contributed by atoms with E-state index in [1.807, 2.05) is 31.1 Å². The lowest BCUT2D eigenvalue weighted by atomic mass is 10.2. The standard InChI is InChI=1S/C12H12F3N5S/c1-19(2)9-5-3-8(4-6-9)7-16-20-10(12(13,14)15)17-18-11(20)21/h3-7H,1-2H3,(H,18,21). The van der Waals surface area contributed by atoms with Gasteiger partial charge in [0.25, 0.3) is 5.82 Å². The number of rotatable bonds is 3. The van der Waals surface area contributed by atoms with Crippen LogP contribution in [0.25, 0.3) is 0 Å². The van der Waals surface area contributed by atoms with Gasteiger partial charge < -0.3 is 4.90 Å². The molecule has 0 bridgehead atoms. The van der Waals surface area contributed by atoms with E-state index in [1.165, 1.54) is 6.21 Å². The van der Waals surface area contributed by atoms with Crippen LogP contribution in [0.1, 0.15) is 11.4 Å². The van der Waals surface area contributed by atoms with Crippen molar-refractivity contribution in [1.29, 1.82) is 0 Å². The van der Waals surface area contributed by atoms with Crippen LogP contribution < -0.4 is 4.90 Å². The average Bonchev–Trinajstić information content (AvgIpc) is 2.78. The van der Waals surface area contributed by atoms with E-state index in [1.54, 1.807) is 12.1 Å². The molecule has 0 amide bonds. The first kappa shape index (κ1) is 15.2. The molecule has 0 radical (unpaired) electrons. The Labute approximate surface area is 123 Å². The number of hydrogen-bond donors (Lipinski definition) is 1. The molecule has 1 heterocycles. The molecular weight excluding hydrogens is 303 g/mol. The van der Waals surface area contributed by atoms with Gasteiger partial charge in [-0.25, -0.2) is 5.10 Å². The third-order valence-electron chi connectivity index (χ3n) is 2.64. The first-order chi connectivity index (χ1) is 9.79. The zero-order valence-corrected chi connectivity index (χ0v) is 12.0. The minimum Gasteiger partial charge on any atom is -0.378 e. The Kier molecular flexibility index (Phi) is 4.12. The molecule has 9 heteroatoms. The number of alkyl halides is 3. The number of hydrogen-bond acceptors (Lipinski definition) is 4. The smallest absolute Gasteiger partial charge is 0.378 e. The Bertz CT molecular complexity index is 697. The van der Waals surface area contributed by atoms with Crippen LogP contribution in [0.15, 0.2) is 29.4 Å². The van der Waals surface area contributed by atoms with Crippen LogP contribution in [0.2, 0.25) is 0 Å². The largest absolute Gasteiger partial charge is 0.453 e. The van der Waals surface area contributed by atoms with Gasteiger partial charge in [0.2, 0.25) is 4.77 Å². The van der Waals surface area contributed by atoms with E-state index in [4.69, 9.17) is 12.2 Å². The Balaban J connectivity index is 2.30. The van der Waals surface area contributed by atoms with Crippen LogP contribution in [-0.2, 0) is 6.18 Å². The van der Waals surface area contributed by atoms with E-state index in [0.717, 1.165) is 5.69 Å². The van der Waals surface area contributed by atoms with Crippen LogP contribution in [0.3, 0.4) is 0 Å². The number of halogens is 3. The van der Waals surface area contributed by atoms with Crippen molar-refractivity contribution in [3.8, 4) is 0 Å². The minimum atomic E-state index is -4.63. The second-order valence-electron chi connectivity index (χ2n) is 4.39. The zero-order chi connectivity index (χ0) is 15.6. The van der Waals surface area contributed by atoms with Crippen molar-refractivity contribution >= 4 is 24.1 Å². The number of anilines is 1. The molecule has 5 nitrogen and oxygen atoms in total. The highest BCUT2D eigenvalue weighted by atomic mass is 32.1. The van der Waals surface area contributed by atoms with Crippen molar-refractivity contribution in [2.75, 3.05) is 19.0 Å². The Morgan fingerprint density at radius 3 is 2.43 bits per heavy atom. The third kappa shape index (κ3) is 3.48. The second-order valence-corrected chi connectivity index (χ2v) is 4.78. The molecule has 0 aliphatic carbocycles. The number of benzene rings is 1. The first-order valence-electron chi connectivity index (χ1n) is 5.85. The second kappa shape index (κ2) is 5.68. The van der Waals surface area contributed by atoms with Gasteiger partial charge >= 0.3 is 6.18 Å². The summed E-state index contributed by atoms with van der Waals surface area (Å²) in [5.41, 5.74) is 1.62. The van der Waals surface area contributed by atoms with E-state index in [-0.39, 0.29) is 4.77 Å². The predicted octanol–water partition coefficient (Wildman–Crippen LogP) is 2.91. The van der Waals surface area contributed by atoms with E-state index >= 15 is 0 Å². The van der Waals surface area contributed by atoms with Crippen LogP contribution >= 0.6 is 12.2 Å². The summed E-state index contributed by atoms with van der Waals surface area (Å²) >= 11 is 4.74. The highest BCUT2D eigenvalue weighted by Crippen LogP contribution is 2.27. The molecule has 2 aromatic rings. The molecule has 2 rings (SSSR count). The molecule has 0 unspecified atom stereocenters. The summed E-state index contributed by atoms with van der Waals surface area (Å²) < 4.78 is 38.4. The molecule has 0 atom stereocenters. The predicted molar refractivity (Wildman–Crippen MR) is 76.2 cm³/mol. The molecule has 1 aromatic heterocycles. The molecule has 112 valence electrons. The van der Waals surface area contributed by atoms with Gasteiger partial charge in [0.15, 0.2) is 0 Å². The molecule has 0 spiro atoms. The van der Waals surface area contributed by atoms with Gasteiger partial charge in [0, 0.05) is 19.8 Å². The molecule has 1 N–H and O–H groups in total. The minimum absolute atomic E-state index is 0.219. The van der Waals surface area contributed by atoms with E-state index < -0.39 is 12.0 Å². The zero-order valence-electron chi connectivity index (χ0n) is 11.2. The van der Waals surface area contributed by atoms with Crippen molar-refractivity contribution in [3.05, 3.63) is 40.4 Å². The Morgan fingerprint density at radius 2 is 1.90 bits per heavy atom. The summed E-state index contributed by atoms with van der Waals surface area (Å²) in [6.07, 6.45) is -3.33. The van der Waals surface area contributed by atoms with Crippen LogP contribution in [0.5, 0.6) is 0 Å². The molecule has 0 aliphatic heterocycles. The first-order valence-corrected chi connectivity index (χ1v) is 6.26. The van der Waals surface area contributed by atoms with Gasteiger partial charge in [-0.15, -0.1) is 5.10 Å². The molecule has 21 heavy (non-hydrogen) atoms. The van der Waals surface area contributed by atoms with Crippen molar-refractivity contribution < 1.29 is 13.2 Å². The van der Waals surface area contributed by atoms with Gasteiger partial charge in [-0.3, -0.25) is 0 Å². The van der Waals surface area contributed by atoms with Crippen molar-refractivity contribution in [1.82, 2.24) is 14.9 Å². The number of aromatic nitrogens is 3. The lowest BCUT2D eigenvalue weighted by Crippen LogP contribution is -2.12. The topological polar surface area (TPSA) is 49.2 Å². The van der Waals surface area contributed by atoms with Crippen molar-refractivity contribution in [2.24, 2.45) is 5.10 Å². The Morgan fingerprint density at radius 1 is 1.29 bits per heavy atom. The number of nitrogens with one attached hydrogen (secondary N) is 1. The fourth-order valence-electron chi connectivity index (χ4n) is 1.57. The summed E-state index contributed by atoms with van der Waals surface area (Å²) in [7, 11) is 3.78. The van der Waals surface area contributed by atoms with Gasteiger partial charge in [0.05, 0.1) is 6.21 Å². The normalized spacial score (nSPS) is 12.0. The lowest BCUT2D eigenvalue weighted by Gasteiger charge is -2.11. The highest BCUT2D eigenvalue weighted by molar-refractivity contribution is 7.71. The van der Waals surface area contributed by atoms with E-state index in [9.17, 15) is 13.2 Å². The lowest BCUT2D eigenvalue weighted by molar-refractivity contribution is -0.147. The van der Waals surface area contributed by atoms with Gasteiger partial charge in [-0.05, 0) is 29.9 Å². The highest BCUT2D eigenvalue weighted by Gasteiger charge is 2.37. The molecule has 1 aromatic carbocycles. The maximum atomic E-state index is 12.7. The quantitative estimate of drug-likeness (QED) is 0.700. The average molecular weight is 315 g/mol. The monoisotopic (exact) mass is 315 g/mol. The third-order valence-corrected chi connectivity index (χ3v) is 2.90. The fraction of sp³-hybridized carbons (Fsp3) is 0.250.